The number of fused-ring (bicyclic) bond motifs is 1. The third kappa shape index (κ3) is 2.82. The van der Waals surface area contributed by atoms with E-state index in [1.807, 2.05) is 48.4 Å². The minimum absolute atomic E-state index is 0.0249. The third-order valence-electron chi connectivity index (χ3n) is 5.76. The zero-order valence-electron chi connectivity index (χ0n) is 16.4. The van der Waals surface area contributed by atoms with Crippen molar-refractivity contribution in [3.8, 4) is 34.8 Å². The molecule has 4 aromatic rings. The summed E-state index contributed by atoms with van der Waals surface area (Å²) in [6.45, 7) is 0. The van der Waals surface area contributed by atoms with Crippen LogP contribution in [0.4, 0.5) is 0 Å². The summed E-state index contributed by atoms with van der Waals surface area (Å²) >= 11 is 0. The highest BCUT2D eigenvalue weighted by molar-refractivity contribution is 5.93. The molecule has 0 unspecified atom stereocenters. The van der Waals surface area contributed by atoms with E-state index in [4.69, 9.17) is 10.1 Å². The molecule has 1 fully saturated rings. The minimum Gasteiger partial charge on any atom is -0.275 e. The molecule has 5 rings (SSSR count). The number of pyridine rings is 2. The van der Waals surface area contributed by atoms with Gasteiger partial charge in [0.05, 0.1) is 47.4 Å². The Balaban J connectivity index is 1.62. The van der Waals surface area contributed by atoms with Crippen LogP contribution < -0.4 is 0 Å². The molecule has 0 spiro atoms. The Bertz CT molecular complexity index is 1330. The van der Waals surface area contributed by atoms with Crippen LogP contribution in [0.5, 0.6) is 0 Å². The van der Waals surface area contributed by atoms with Crippen LogP contribution in [0.15, 0.2) is 49.1 Å². The molecule has 0 N–H and O–H groups in total. The quantitative estimate of drug-likeness (QED) is 0.524. The van der Waals surface area contributed by atoms with Gasteiger partial charge in [0, 0.05) is 36.6 Å². The van der Waals surface area contributed by atoms with E-state index >= 15 is 0 Å². The third-order valence-corrected chi connectivity index (χ3v) is 5.76. The summed E-state index contributed by atoms with van der Waals surface area (Å²) < 4.78 is 3.59. The standard InChI is InChI=1S/C22H18N8/c1-29-14-16(13-26-29)19-9-20-17(3-2-7-25-20)21(27-19)18-4-8-30(28-18)22(5-6-23)10-15(11-22)12-24/h2-4,7-9,13-15H,5,10-11H2,1H3. The number of aryl methyl sites for hydroxylation is 1. The largest absolute Gasteiger partial charge is 0.275 e. The number of nitriles is 2. The van der Waals surface area contributed by atoms with Gasteiger partial charge < -0.3 is 0 Å². The van der Waals surface area contributed by atoms with Gasteiger partial charge in [0.1, 0.15) is 11.4 Å². The monoisotopic (exact) mass is 394 g/mol. The van der Waals surface area contributed by atoms with Gasteiger partial charge in [-0.05, 0) is 37.1 Å². The second-order valence-corrected chi connectivity index (χ2v) is 7.77. The van der Waals surface area contributed by atoms with Crippen LogP contribution in [0, 0.1) is 28.6 Å². The molecule has 1 saturated carbocycles. The lowest BCUT2D eigenvalue weighted by Crippen LogP contribution is -2.46. The van der Waals surface area contributed by atoms with Gasteiger partial charge in [-0.15, -0.1) is 0 Å². The van der Waals surface area contributed by atoms with Crippen molar-refractivity contribution in [2.24, 2.45) is 13.0 Å². The summed E-state index contributed by atoms with van der Waals surface area (Å²) in [4.78, 5) is 9.40. The Kier molecular flexibility index (Phi) is 4.07. The van der Waals surface area contributed by atoms with Crippen molar-refractivity contribution in [1.29, 1.82) is 10.5 Å². The van der Waals surface area contributed by atoms with Crippen LogP contribution in [-0.4, -0.2) is 29.5 Å². The van der Waals surface area contributed by atoms with Crippen molar-refractivity contribution in [1.82, 2.24) is 29.5 Å². The van der Waals surface area contributed by atoms with E-state index in [9.17, 15) is 10.5 Å². The smallest absolute Gasteiger partial charge is 0.111 e. The molecule has 0 saturated heterocycles. The second kappa shape index (κ2) is 6.78. The maximum atomic E-state index is 9.31. The van der Waals surface area contributed by atoms with Crippen molar-refractivity contribution in [2.75, 3.05) is 0 Å². The average Bonchev–Trinajstić information content (AvgIpc) is 3.39. The van der Waals surface area contributed by atoms with E-state index in [-0.39, 0.29) is 5.92 Å². The molecule has 8 heteroatoms. The van der Waals surface area contributed by atoms with Crippen LogP contribution in [0.2, 0.25) is 0 Å². The van der Waals surface area contributed by atoms with Crippen LogP contribution in [0.1, 0.15) is 19.3 Å². The zero-order valence-corrected chi connectivity index (χ0v) is 16.4. The van der Waals surface area contributed by atoms with Crippen molar-refractivity contribution < 1.29 is 0 Å². The van der Waals surface area contributed by atoms with Gasteiger partial charge in [0.25, 0.3) is 0 Å². The Morgan fingerprint density at radius 1 is 1.23 bits per heavy atom. The lowest BCUT2D eigenvalue weighted by Gasteiger charge is -2.43. The molecular formula is C22H18N8. The van der Waals surface area contributed by atoms with E-state index < -0.39 is 5.54 Å². The predicted molar refractivity (Wildman–Crippen MR) is 110 cm³/mol. The topological polar surface area (TPSA) is 109 Å². The molecule has 30 heavy (non-hydrogen) atoms. The lowest BCUT2D eigenvalue weighted by molar-refractivity contribution is 0.0884. The first kappa shape index (κ1) is 18.0. The zero-order chi connectivity index (χ0) is 20.7. The van der Waals surface area contributed by atoms with Crippen molar-refractivity contribution in [3.63, 3.8) is 0 Å². The number of hydrogen-bond acceptors (Lipinski definition) is 6. The molecular weight excluding hydrogens is 376 g/mol. The highest BCUT2D eigenvalue weighted by Crippen LogP contribution is 2.46. The number of rotatable bonds is 4. The van der Waals surface area contributed by atoms with Gasteiger partial charge in [-0.25, -0.2) is 4.98 Å². The van der Waals surface area contributed by atoms with E-state index in [2.05, 4.69) is 22.2 Å². The first-order valence-electron chi connectivity index (χ1n) is 9.70. The fraction of sp³-hybridized carbons (Fsp3) is 0.273. The van der Waals surface area contributed by atoms with Crippen molar-refractivity contribution in [2.45, 2.75) is 24.8 Å². The summed E-state index contributed by atoms with van der Waals surface area (Å²) in [7, 11) is 1.87. The highest BCUT2D eigenvalue weighted by Gasteiger charge is 2.46. The highest BCUT2D eigenvalue weighted by atomic mass is 15.3. The summed E-state index contributed by atoms with van der Waals surface area (Å²) in [6, 6.07) is 12.3. The van der Waals surface area contributed by atoms with Gasteiger partial charge in [-0.2, -0.15) is 20.7 Å². The molecule has 0 bridgehead atoms. The molecule has 1 aliphatic carbocycles. The first-order valence-corrected chi connectivity index (χ1v) is 9.70. The normalized spacial score (nSPS) is 20.4. The maximum absolute atomic E-state index is 9.31. The minimum atomic E-state index is -0.414. The molecule has 0 aromatic carbocycles. The van der Waals surface area contributed by atoms with Gasteiger partial charge in [-0.1, -0.05) is 0 Å². The van der Waals surface area contributed by atoms with Crippen molar-refractivity contribution in [3.05, 3.63) is 49.1 Å². The molecule has 0 radical (unpaired) electrons. The number of hydrogen-bond donors (Lipinski definition) is 0. The van der Waals surface area contributed by atoms with Crippen LogP contribution in [0.25, 0.3) is 33.5 Å². The van der Waals surface area contributed by atoms with Gasteiger partial charge in [-0.3, -0.25) is 14.3 Å². The SMILES string of the molecule is Cn1cc(-c2cc3ncccc3c(-c3ccn(C4(CC#N)CC(C#N)C4)n3)n2)cn1. The van der Waals surface area contributed by atoms with E-state index in [1.54, 1.807) is 17.1 Å². The lowest BCUT2D eigenvalue weighted by atomic mass is 9.67. The van der Waals surface area contributed by atoms with Gasteiger partial charge in [0.15, 0.2) is 0 Å². The summed E-state index contributed by atoms with van der Waals surface area (Å²) in [5, 5.41) is 28.5. The fourth-order valence-corrected chi connectivity index (χ4v) is 4.19. The summed E-state index contributed by atoms with van der Waals surface area (Å²) in [5.41, 5.74) is 3.55. The average molecular weight is 394 g/mol. The molecule has 1 aliphatic rings. The number of nitrogens with zero attached hydrogens (tertiary/aromatic N) is 8. The molecule has 4 aromatic heterocycles. The first-order chi connectivity index (χ1) is 14.6. The molecule has 146 valence electrons. The predicted octanol–water partition coefficient (Wildman–Crippen LogP) is 3.44. The summed E-state index contributed by atoms with van der Waals surface area (Å²) in [5.74, 6) is -0.0249. The Labute approximate surface area is 173 Å². The molecule has 4 heterocycles. The maximum Gasteiger partial charge on any atom is 0.111 e. The Morgan fingerprint density at radius 2 is 2.10 bits per heavy atom. The van der Waals surface area contributed by atoms with Crippen LogP contribution >= 0.6 is 0 Å². The fourth-order valence-electron chi connectivity index (χ4n) is 4.19. The van der Waals surface area contributed by atoms with E-state index in [0.29, 0.717) is 19.3 Å². The van der Waals surface area contributed by atoms with Gasteiger partial charge in [0.2, 0.25) is 0 Å². The molecule has 0 atom stereocenters. The van der Waals surface area contributed by atoms with Crippen LogP contribution in [0.3, 0.4) is 0 Å². The van der Waals surface area contributed by atoms with Gasteiger partial charge >= 0.3 is 0 Å². The molecule has 8 nitrogen and oxygen atoms in total. The molecule has 0 amide bonds. The Morgan fingerprint density at radius 3 is 2.83 bits per heavy atom. The number of aromatic nitrogens is 6. The van der Waals surface area contributed by atoms with Crippen LogP contribution in [-0.2, 0) is 12.6 Å². The van der Waals surface area contributed by atoms with E-state index in [1.165, 1.54) is 0 Å². The second-order valence-electron chi connectivity index (χ2n) is 7.77. The molecule has 0 aliphatic heterocycles. The van der Waals surface area contributed by atoms with Crippen molar-refractivity contribution >= 4 is 10.9 Å². The summed E-state index contributed by atoms with van der Waals surface area (Å²) in [6.07, 6.45) is 8.96. The van der Waals surface area contributed by atoms with E-state index in [0.717, 1.165) is 33.5 Å². The Hall–Kier alpha value is -4.04.